The second-order valence-corrected chi connectivity index (χ2v) is 4.32. The van der Waals surface area contributed by atoms with Crippen LogP contribution in [0.15, 0.2) is 24.3 Å². The number of aliphatic carboxylic acids is 1. The molecule has 0 heterocycles. The molecule has 94 valence electrons. The van der Waals surface area contributed by atoms with E-state index in [4.69, 9.17) is 9.84 Å². The predicted molar refractivity (Wildman–Crippen MR) is 66.0 cm³/mol. The number of benzene rings is 1. The molecule has 0 aliphatic rings. The van der Waals surface area contributed by atoms with Gasteiger partial charge in [-0.1, -0.05) is 24.3 Å². The average molecular weight is 237 g/mol. The molecule has 0 aromatic heterocycles. The molecule has 0 saturated carbocycles. The first-order valence-corrected chi connectivity index (χ1v) is 5.51. The standard InChI is InChI=1S/C13H19NO3/c1-14(2)9-11-6-4-5-10(7-11)8-12(17-3)13(15)16/h4-7,12H,8-9H2,1-3H3,(H,15,16). The Morgan fingerprint density at radius 3 is 2.59 bits per heavy atom. The Hall–Kier alpha value is -1.39. The van der Waals surface area contributed by atoms with Crippen molar-refractivity contribution >= 4 is 5.97 Å². The number of carbonyl (C=O) groups is 1. The molecule has 0 fully saturated rings. The minimum absolute atomic E-state index is 0.396. The molecular weight excluding hydrogens is 218 g/mol. The molecule has 0 bridgehead atoms. The highest BCUT2D eigenvalue weighted by Gasteiger charge is 2.16. The Morgan fingerprint density at radius 2 is 2.06 bits per heavy atom. The summed E-state index contributed by atoms with van der Waals surface area (Å²) in [7, 11) is 5.42. The summed E-state index contributed by atoms with van der Waals surface area (Å²) in [5.74, 6) is -0.925. The molecular formula is C13H19NO3. The van der Waals surface area contributed by atoms with Gasteiger partial charge in [-0.2, -0.15) is 0 Å². The molecule has 0 aliphatic heterocycles. The van der Waals surface area contributed by atoms with Crippen LogP contribution in [0.3, 0.4) is 0 Å². The van der Waals surface area contributed by atoms with Gasteiger partial charge < -0.3 is 14.7 Å². The van der Waals surface area contributed by atoms with Crippen molar-refractivity contribution < 1.29 is 14.6 Å². The third kappa shape index (κ3) is 4.54. The van der Waals surface area contributed by atoms with Gasteiger partial charge in [0.2, 0.25) is 0 Å². The number of carboxylic acids is 1. The van der Waals surface area contributed by atoms with Crippen molar-refractivity contribution in [3.63, 3.8) is 0 Å². The van der Waals surface area contributed by atoms with Gasteiger partial charge in [-0.15, -0.1) is 0 Å². The van der Waals surface area contributed by atoms with E-state index in [1.807, 2.05) is 38.4 Å². The number of nitrogens with zero attached hydrogens (tertiary/aromatic N) is 1. The Bertz CT molecular complexity index is 377. The number of ether oxygens (including phenoxy) is 1. The van der Waals surface area contributed by atoms with Crippen LogP contribution < -0.4 is 0 Å². The SMILES string of the molecule is COC(Cc1cccc(CN(C)C)c1)C(=O)O. The first kappa shape index (κ1) is 13.7. The van der Waals surface area contributed by atoms with E-state index in [1.54, 1.807) is 0 Å². The smallest absolute Gasteiger partial charge is 0.333 e. The minimum Gasteiger partial charge on any atom is -0.479 e. The van der Waals surface area contributed by atoms with Crippen molar-refractivity contribution in [2.75, 3.05) is 21.2 Å². The van der Waals surface area contributed by atoms with E-state index < -0.39 is 12.1 Å². The molecule has 1 unspecified atom stereocenters. The van der Waals surface area contributed by atoms with Crippen LogP contribution in [-0.2, 0) is 22.5 Å². The van der Waals surface area contributed by atoms with Crippen molar-refractivity contribution in [2.45, 2.75) is 19.1 Å². The molecule has 1 rings (SSSR count). The van der Waals surface area contributed by atoms with Gasteiger partial charge in [0.15, 0.2) is 6.10 Å². The summed E-state index contributed by atoms with van der Waals surface area (Å²) < 4.78 is 4.93. The molecule has 1 aromatic carbocycles. The first-order chi connectivity index (χ1) is 8.02. The molecule has 1 aromatic rings. The van der Waals surface area contributed by atoms with Crippen LogP contribution >= 0.6 is 0 Å². The van der Waals surface area contributed by atoms with Gasteiger partial charge in [0.05, 0.1) is 0 Å². The molecule has 0 radical (unpaired) electrons. The lowest BCUT2D eigenvalue weighted by atomic mass is 10.0. The summed E-state index contributed by atoms with van der Waals surface area (Å²) in [6.45, 7) is 0.846. The monoisotopic (exact) mass is 237 g/mol. The van der Waals surface area contributed by atoms with Crippen LogP contribution in [-0.4, -0.2) is 43.3 Å². The van der Waals surface area contributed by atoms with Gasteiger partial charge in [0, 0.05) is 20.1 Å². The summed E-state index contributed by atoms with van der Waals surface area (Å²) in [5.41, 5.74) is 2.16. The van der Waals surface area contributed by atoms with Crippen molar-refractivity contribution in [3.05, 3.63) is 35.4 Å². The van der Waals surface area contributed by atoms with Crippen LogP contribution in [0.5, 0.6) is 0 Å². The van der Waals surface area contributed by atoms with Crippen LogP contribution in [0.1, 0.15) is 11.1 Å². The quantitative estimate of drug-likeness (QED) is 0.812. The Balaban J connectivity index is 2.74. The molecule has 0 amide bonds. The lowest BCUT2D eigenvalue weighted by Gasteiger charge is -2.13. The maximum atomic E-state index is 10.9. The van der Waals surface area contributed by atoms with Crippen LogP contribution in [0.4, 0.5) is 0 Å². The fourth-order valence-electron chi connectivity index (χ4n) is 1.71. The van der Waals surface area contributed by atoms with E-state index in [0.29, 0.717) is 6.42 Å². The molecule has 4 nitrogen and oxygen atoms in total. The van der Waals surface area contributed by atoms with E-state index in [9.17, 15) is 4.79 Å². The highest BCUT2D eigenvalue weighted by molar-refractivity contribution is 5.72. The van der Waals surface area contributed by atoms with Crippen molar-refractivity contribution in [1.29, 1.82) is 0 Å². The van der Waals surface area contributed by atoms with Crippen molar-refractivity contribution in [1.82, 2.24) is 4.90 Å². The van der Waals surface area contributed by atoms with Gasteiger partial charge in [-0.3, -0.25) is 0 Å². The van der Waals surface area contributed by atoms with E-state index in [-0.39, 0.29) is 0 Å². The number of methoxy groups -OCH3 is 1. The van der Waals surface area contributed by atoms with Crippen molar-refractivity contribution in [2.24, 2.45) is 0 Å². The Kier molecular flexibility index (Phi) is 5.12. The van der Waals surface area contributed by atoms with E-state index in [1.165, 1.54) is 12.7 Å². The third-order valence-corrected chi connectivity index (χ3v) is 2.47. The average Bonchev–Trinajstić information content (AvgIpc) is 2.25. The zero-order chi connectivity index (χ0) is 12.8. The van der Waals surface area contributed by atoms with Gasteiger partial charge in [-0.05, 0) is 25.2 Å². The zero-order valence-electron chi connectivity index (χ0n) is 10.5. The molecule has 4 heteroatoms. The van der Waals surface area contributed by atoms with Crippen LogP contribution in [0, 0.1) is 0 Å². The highest BCUT2D eigenvalue weighted by atomic mass is 16.5. The topological polar surface area (TPSA) is 49.8 Å². The largest absolute Gasteiger partial charge is 0.479 e. The molecule has 1 N–H and O–H groups in total. The molecule has 17 heavy (non-hydrogen) atoms. The summed E-state index contributed by atoms with van der Waals surface area (Å²) in [5, 5.41) is 8.92. The predicted octanol–water partition coefficient (Wildman–Crippen LogP) is 1.39. The van der Waals surface area contributed by atoms with Gasteiger partial charge in [0.1, 0.15) is 0 Å². The fourth-order valence-corrected chi connectivity index (χ4v) is 1.71. The number of rotatable bonds is 6. The molecule has 1 atom stereocenters. The maximum absolute atomic E-state index is 10.9. The van der Waals surface area contributed by atoms with E-state index in [0.717, 1.165) is 12.1 Å². The summed E-state index contributed by atoms with van der Waals surface area (Å²) in [6.07, 6.45) is -0.378. The first-order valence-electron chi connectivity index (χ1n) is 5.51. The summed E-state index contributed by atoms with van der Waals surface area (Å²) in [4.78, 5) is 12.9. The molecule has 0 aliphatic carbocycles. The van der Waals surface area contributed by atoms with Crippen LogP contribution in [0.25, 0.3) is 0 Å². The number of hydrogen-bond donors (Lipinski definition) is 1. The third-order valence-electron chi connectivity index (χ3n) is 2.47. The summed E-state index contributed by atoms with van der Waals surface area (Å²) in [6, 6.07) is 7.93. The second kappa shape index (κ2) is 6.37. The highest BCUT2D eigenvalue weighted by Crippen LogP contribution is 2.10. The van der Waals surface area contributed by atoms with E-state index in [2.05, 4.69) is 4.90 Å². The molecule has 0 spiro atoms. The van der Waals surface area contributed by atoms with Gasteiger partial charge >= 0.3 is 5.97 Å². The number of hydrogen-bond acceptors (Lipinski definition) is 3. The van der Waals surface area contributed by atoms with Gasteiger partial charge in [-0.25, -0.2) is 4.79 Å². The zero-order valence-corrected chi connectivity index (χ0v) is 10.5. The normalized spacial score (nSPS) is 12.7. The minimum atomic E-state index is -0.925. The lowest BCUT2D eigenvalue weighted by molar-refractivity contribution is -0.148. The fraction of sp³-hybridized carbons (Fsp3) is 0.462. The summed E-state index contributed by atoms with van der Waals surface area (Å²) >= 11 is 0. The Morgan fingerprint density at radius 1 is 1.41 bits per heavy atom. The maximum Gasteiger partial charge on any atom is 0.333 e. The lowest BCUT2D eigenvalue weighted by Crippen LogP contribution is -2.24. The van der Waals surface area contributed by atoms with Gasteiger partial charge in [0.25, 0.3) is 0 Å². The van der Waals surface area contributed by atoms with Crippen molar-refractivity contribution in [3.8, 4) is 0 Å². The van der Waals surface area contributed by atoms with E-state index >= 15 is 0 Å². The second-order valence-electron chi connectivity index (χ2n) is 4.32. The molecule has 0 saturated heterocycles. The Labute approximate surface area is 102 Å². The number of carboxylic acid groups (broad SMARTS) is 1. The van der Waals surface area contributed by atoms with Crippen LogP contribution in [0.2, 0.25) is 0 Å².